The highest BCUT2D eigenvalue weighted by Crippen LogP contribution is 2.19. The molecule has 0 bridgehead atoms. The first kappa shape index (κ1) is 15.6. The minimum absolute atomic E-state index is 0.302. The third kappa shape index (κ3) is 4.62. The number of aromatic nitrogens is 2. The van der Waals surface area contributed by atoms with Crippen LogP contribution in [0.4, 0.5) is 22.1 Å². The first-order chi connectivity index (χ1) is 10.7. The van der Waals surface area contributed by atoms with Crippen LogP contribution >= 0.6 is 0 Å². The van der Waals surface area contributed by atoms with Gasteiger partial charge < -0.3 is 14.8 Å². The van der Waals surface area contributed by atoms with Gasteiger partial charge >= 0.3 is 6.09 Å². The fourth-order valence-electron chi connectivity index (χ4n) is 1.69. The largest absolute Gasteiger partial charge is 0.494 e. The Morgan fingerprint density at radius 1 is 1.00 bits per heavy atom. The number of hydrogen-bond acceptors (Lipinski definition) is 6. The van der Waals surface area contributed by atoms with Gasteiger partial charge in [0.1, 0.15) is 5.75 Å². The molecule has 1 amide bonds. The van der Waals surface area contributed by atoms with Gasteiger partial charge in [0, 0.05) is 5.69 Å². The third-order valence-electron chi connectivity index (χ3n) is 2.61. The highest BCUT2D eigenvalue weighted by molar-refractivity contribution is 5.83. The van der Waals surface area contributed by atoms with Crippen molar-refractivity contribution in [2.24, 2.45) is 0 Å². The van der Waals surface area contributed by atoms with Crippen molar-refractivity contribution in [2.45, 2.75) is 13.8 Å². The number of amides is 1. The van der Waals surface area contributed by atoms with Crippen molar-refractivity contribution in [1.82, 2.24) is 10.2 Å². The highest BCUT2D eigenvalue weighted by atomic mass is 16.5. The number of hydrogen-bond donors (Lipinski definition) is 2. The lowest BCUT2D eigenvalue weighted by atomic mass is 10.3. The van der Waals surface area contributed by atoms with Gasteiger partial charge in [0.15, 0.2) is 11.6 Å². The second-order valence-electron chi connectivity index (χ2n) is 4.23. The Labute approximate surface area is 128 Å². The second kappa shape index (κ2) is 7.82. The molecule has 0 aliphatic carbocycles. The van der Waals surface area contributed by atoms with Crippen LogP contribution in [0.15, 0.2) is 36.4 Å². The molecule has 7 nitrogen and oxygen atoms in total. The van der Waals surface area contributed by atoms with E-state index in [4.69, 9.17) is 9.47 Å². The molecule has 0 aliphatic rings. The minimum atomic E-state index is -0.552. The molecule has 2 N–H and O–H groups in total. The van der Waals surface area contributed by atoms with Crippen LogP contribution in [0.5, 0.6) is 5.75 Å². The summed E-state index contributed by atoms with van der Waals surface area (Å²) in [6, 6.07) is 10.9. The van der Waals surface area contributed by atoms with Crippen LogP contribution in [-0.4, -0.2) is 29.5 Å². The number of benzene rings is 1. The summed E-state index contributed by atoms with van der Waals surface area (Å²) in [6.07, 6.45) is -0.552. The van der Waals surface area contributed by atoms with Crippen LogP contribution < -0.4 is 15.4 Å². The lowest BCUT2D eigenvalue weighted by Gasteiger charge is -2.08. The zero-order valence-electron chi connectivity index (χ0n) is 12.5. The molecule has 2 aromatic rings. The molecule has 116 valence electrons. The Morgan fingerprint density at radius 3 is 2.27 bits per heavy atom. The van der Waals surface area contributed by atoms with Gasteiger partial charge in [-0.1, -0.05) is 0 Å². The average molecular weight is 302 g/mol. The molecular weight excluding hydrogens is 284 g/mol. The Hall–Kier alpha value is -2.83. The summed E-state index contributed by atoms with van der Waals surface area (Å²) in [5.74, 6) is 1.71. The average Bonchev–Trinajstić information content (AvgIpc) is 2.52. The second-order valence-corrected chi connectivity index (χ2v) is 4.23. The Morgan fingerprint density at radius 2 is 1.68 bits per heavy atom. The molecule has 2 rings (SSSR count). The molecule has 0 atom stereocenters. The molecule has 0 unspecified atom stereocenters. The smallest absolute Gasteiger partial charge is 0.412 e. The Kier molecular flexibility index (Phi) is 5.53. The SMILES string of the molecule is CCOC(=O)Nc1ccc(Nc2ccc(OCC)cc2)nn1. The topological polar surface area (TPSA) is 85.4 Å². The number of nitrogens with one attached hydrogen (secondary N) is 2. The van der Waals surface area contributed by atoms with Crippen LogP contribution in [0.2, 0.25) is 0 Å². The summed E-state index contributed by atoms with van der Waals surface area (Å²) >= 11 is 0. The van der Waals surface area contributed by atoms with Gasteiger partial charge in [0.05, 0.1) is 13.2 Å². The van der Waals surface area contributed by atoms with Crippen LogP contribution in [0.25, 0.3) is 0 Å². The summed E-state index contributed by atoms with van der Waals surface area (Å²) in [4.78, 5) is 11.2. The van der Waals surface area contributed by atoms with Crippen LogP contribution in [0, 0.1) is 0 Å². The van der Waals surface area contributed by atoms with Crippen LogP contribution in [-0.2, 0) is 4.74 Å². The van der Waals surface area contributed by atoms with E-state index in [-0.39, 0.29) is 0 Å². The van der Waals surface area contributed by atoms with Crippen molar-refractivity contribution in [3.05, 3.63) is 36.4 Å². The van der Waals surface area contributed by atoms with Gasteiger partial charge in [-0.2, -0.15) is 0 Å². The highest BCUT2D eigenvalue weighted by Gasteiger charge is 2.04. The monoisotopic (exact) mass is 302 g/mol. The molecule has 22 heavy (non-hydrogen) atoms. The minimum Gasteiger partial charge on any atom is -0.494 e. The molecule has 7 heteroatoms. The van der Waals surface area contributed by atoms with Gasteiger partial charge in [-0.25, -0.2) is 4.79 Å². The fourth-order valence-corrected chi connectivity index (χ4v) is 1.69. The predicted molar refractivity (Wildman–Crippen MR) is 83.6 cm³/mol. The molecular formula is C15H18N4O3. The Bertz CT molecular complexity index is 599. The molecule has 1 aromatic heterocycles. The van der Waals surface area contributed by atoms with Gasteiger partial charge in [-0.05, 0) is 50.2 Å². The van der Waals surface area contributed by atoms with Crippen molar-refractivity contribution >= 4 is 23.4 Å². The number of carbonyl (C=O) groups excluding carboxylic acids is 1. The van der Waals surface area contributed by atoms with E-state index < -0.39 is 6.09 Å². The predicted octanol–water partition coefficient (Wildman–Crippen LogP) is 3.19. The lowest BCUT2D eigenvalue weighted by molar-refractivity contribution is 0.168. The lowest BCUT2D eigenvalue weighted by Crippen LogP contribution is -2.14. The third-order valence-corrected chi connectivity index (χ3v) is 2.61. The van der Waals surface area contributed by atoms with Gasteiger partial charge in [0.25, 0.3) is 0 Å². The first-order valence-corrected chi connectivity index (χ1v) is 6.98. The van der Waals surface area contributed by atoms with E-state index in [2.05, 4.69) is 20.8 Å². The molecule has 1 aromatic carbocycles. The number of anilines is 3. The van der Waals surface area contributed by atoms with Crippen LogP contribution in [0.1, 0.15) is 13.8 Å². The maximum absolute atomic E-state index is 11.2. The fraction of sp³-hybridized carbons (Fsp3) is 0.267. The van der Waals surface area contributed by atoms with E-state index in [0.717, 1.165) is 11.4 Å². The van der Waals surface area contributed by atoms with E-state index >= 15 is 0 Å². The number of rotatable bonds is 6. The van der Waals surface area contributed by atoms with E-state index in [1.54, 1.807) is 19.1 Å². The molecule has 0 aliphatic heterocycles. The van der Waals surface area contributed by atoms with Gasteiger partial charge in [-0.15, -0.1) is 10.2 Å². The Balaban J connectivity index is 1.94. The molecule has 1 heterocycles. The number of ether oxygens (including phenoxy) is 2. The van der Waals surface area contributed by atoms with Crippen molar-refractivity contribution < 1.29 is 14.3 Å². The van der Waals surface area contributed by atoms with E-state index in [0.29, 0.717) is 24.8 Å². The standard InChI is InChI=1S/C15H18N4O3/c1-3-21-12-7-5-11(6-8-12)16-13-9-10-14(19-18-13)17-15(20)22-4-2/h5-10H,3-4H2,1-2H3,(H,16,18)(H,17,19,20). The normalized spacial score (nSPS) is 9.91. The summed E-state index contributed by atoms with van der Waals surface area (Å²) in [5, 5.41) is 13.5. The number of carbonyl (C=O) groups is 1. The van der Waals surface area contributed by atoms with Crippen molar-refractivity contribution in [2.75, 3.05) is 23.8 Å². The zero-order valence-corrected chi connectivity index (χ0v) is 12.5. The number of nitrogens with zero attached hydrogens (tertiary/aromatic N) is 2. The summed E-state index contributed by atoms with van der Waals surface area (Å²) in [5.41, 5.74) is 0.865. The molecule has 0 spiro atoms. The first-order valence-electron chi connectivity index (χ1n) is 6.98. The molecule has 0 fully saturated rings. The van der Waals surface area contributed by atoms with Crippen molar-refractivity contribution in [3.63, 3.8) is 0 Å². The molecule has 0 radical (unpaired) electrons. The summed E-state index contributed by atoms with van der Waals surface area (Å²) < 4.78 is 10.1. The molecule has 0 saturated carbocycles. The van der Waals surface area contributed by atoms with E-state index in [1.165, 1.54) is 0 Å². The van der Waals surface area contributed by atoms with Gasteiger partial charge in [-0.3, -0.25) is 5.32 Å². The van der Waals surface area contributed by atoms with Crippen molar-refractivity contribution in [1.29, 1.82) is 0 Å². The molecule has 0 saturated heterocycles. The van der Waals surface area contributed by atoms with E-state index in [1.807, 2.05) is 31.2 Å². The maximum atomic E-state index is 11.2. The van der Waals surface area contributed by atoms with Crippen molar-refractivity contribution in [3.8, 4) is 5.75 Å². The van der Waals surface area contributed by atoms with E-state index in [9.17, 15) is 4.79 Å². The quantitative estimate of drug-likeness (QED) is 0.852. The summed E-state index contributed by atoms with van der Waals surface area (Å²) in [6.45, 7) is 4.60. The van der Waals surface area contributed by atoms with Gasteiger partial charge in [0.2, 0.25) is 0 Å². The zero-order chi connectivity index (χ0) is 15.8. The maximum Gasteiger partial charge on any atom is 0.412 e. The van der Waals surface area contributed by atoms with Crippen LogP contribution in [0.3, 0.4) is 0 Å². The summed E-state index contributed by atoms with van der Waals surface area (Å²) in [7, 11) is 0.